The maximum atomic E-state index is 6.01. The zero-order valence-corrected chi connectivity index (χ0v) is 14.8. The van der Waals surface area contributed by atoms with Gasteiger partial charge in [0.15, 0.2) is 0 Å². The fourth-order valence-electron chi connectivity index (χ4n) is 2.91. The van der Waals surface area contributed by atoms with Gasteiger partial charge in [0.2, 0.25) is 0 Å². The minimum atomic E-state index is 0.684. The summed E-state index contributed by atoms with van der Waals surface area (Å²) in [4.78, 5) is 5.05. The van der Waals surface area contributed by atoms with E-state index in [4.69, 9.17) is 10.5 Å². The minimum Gasteiger partial charge on any atom is -0.493 e. The summed E-state index contributed by atoms with van der Waals surface area (Å²) in [5.41, 5.74) is 6.91. The molecule has 2 rings (SSSR count). The highest BCUT2D eigenvalue weighted by atomic mass is 16.5. The van der Waals surface area contributed by atoms with E-state index in [1.165, 1.54) is 5.56 Å². The molecule has 4 heteroatoms. The van der Waals surface area contributed by atoms with E-state index in [-0.39, 0.29) is 0 Å². The third-order valence-corrected chi connectivity index (χ3v) is 4.46. The molecule has 2 N–H and O–H groups in total. The Balaban J connectivity index is 1.81. The molecule has 0 radical (unpaired) electrons. The van der Waals surface area contributed by atoms with Crippen molar-refractivity contribution in [2.75, 3.05) is 45.9 Å². The maximum Gasteiger partial charge on any atom is 0.123 e. The Morgan fingerprint density at radius 3 is 2.48 bits per heavy atom. The molecule has 0 aromatic heterocycles. The van der Waals surface area contributed by atoms with E-state index in [2.05, 4.69) is 47.9 Å². The van der Waals surface area contributed by atoms with Gasteiger partial charge in [-0.05, 0) is 37.9 Å². The summed E-state index contributed by atoms with van der Waals surface area (Å²) in [6, 6.07) is 8.49. The number of piperazine rings is 1. The van der Waals surface area contributed by atoms with Gasteiger partial charge in [0, 0.05) is 38.3 Å². The topological polar surface area (TPSA) is 41.7 Å². The Morgan fingerprint density at radius 2 is 1.78 bits per heavy atom. The lowest BCUT2D eigenvalue weighted by molar-refractivity contribution is 0.125. The van der Waals surface area contributed by atoms with E-state index in [0.717, 1.165) is 71.0 Å². The van der Waals surface area contributed by atoms with Crippen molar-refractivity contribution in [3.05, 3.63) is 29.8 Å². The molecular weight excluding hydrogens is 286 g/mol. The molecule has 0 amide bonds. The molecule has 1 aromatic rings. The van der Waals surface area contributed by atoms with Gasteiger partial charge in [-0.2, -0.15) is 0 Å². The number of rotatable bonds is 9. The van der Waals surface area contributed by atoms with Gasteiger partial charge in [-0.1, -0.05) is 32.0 Å². The van der Waals surface area contributed by atoms with Gasteiger partial charge >= 0.3 is 0 Å². The fourth-order valence-corrected chi connectivity index (χ4v) is 2.91. The predicted octanol–water partition coefficient (Wildman–Crippen LogP) is 2.58. The summed E-state index contributed by atoms with van der Waals surface area (Å²) in [5.74, 6) is 1.74. The fraction of sp³-hybridized carbons (Fsp3) is 0.684. The smallest absolute Gasteiger partial charge is 0.123 e. The number of hydrogen-bond donors (Lipinski definition) is 1. The van der Waals surface area contributed by atoms with E-state index in [1.54, 1.807) is 0 Å². The van der Waals surface area contributed by atoms with Crippen molar-refractivity contribution in [1.82, 2.24) is 9.80 Å². The molecule has 4 nitrogen and oxygen atoms in total. The van der Waals surface area contributed by atoms with E-state index in [1.807, 2.05) is 0 Å². The first kappa shape index (κ1) is 18.2. The van der Waals surface area contributed by atoms with Crippen molar-refractivity contribution in [1.29, 1.82) is 0 Å². The van der Waals surface area contributed by atoms with Crippen LogP contribution < -0.4 is 10.5 Å². The molecule has 1 aliphatic heterocycles. The predicted molar refractivity (Wildman–Crippen MR) is 96.8 cm³/mol. The molecule has 1 heterocycles. The third kappa shape index (κ3) is 6.50. The summed E-state index contributed by atoms with van der Waals surface area (Å²) in [7, 11) is 0. The number of hydrogen-bond acceptors (Lipinski definition) is 4. The summed E-state index contributed by atoms with van der Waals surface area (Å²) < 4.78 is 6.01. The lowest BCUT2D eigenvalue weighted by Crippen LogP contribution is -2.46. The average Bonchev–Trinajstić information content (AvgIpc) is 2.55. The molecule has 0 spiro atoms. The van der Waals surface area contributed by atoms with E-state index >= 15 is 0 Å². The van der Waals surface area contributed by atoms with Crippen molar-refractivity contribution in [3.63, 3.8) is 0 Å². The highest BCUT2D eigenvalue weighted by Gasteiger charge is 2.17. The number of nitrogens with zero attached hydrogens (tertiary/aromatic N) is 2. The Hall–Kier alpha value is -1.10. The van der Waals surface area contributed by atoms with E-state index in [0.29, 0.717) is 5.92 Å². The highest BCUT2D eigenvalue weighted by molar-refractivity contribution is 5.33. The molecule has 130 valence electrons. The van der Waals surface area contributed by atoms with Crippen molar-refractivity contribution in [2.24, 2.45) is 11.7 Å². The number of nitrogens with two attached hydrogens (primary N) is 1. The lowest BCUT2D eigenvalue weighted by Gasteiger charge is -2.34. The van der Waals surface area contributed by atoms with Gasteiger partial charge in [-0.25, -0.2) is 0 Å². The zero-order valence-electron chi connectivity index (χ0n) is 14.8. The second kappa shape index (κ2) is 9.91. The largest absolute Gasteiger partial charge is 0.493 e. The molecule has 1 aromatic carbocycles. The van der Waals surface area contributed by atoms with Crippen LogP contribution in [0.4, 0.5) is 0 Å². The molecule has 0 atom stereocenters. The SMILES string of the molecule is CC(C)CCOc1ccccc1CN1CCN(CCCN)CC1. The minimum absolute atomic E-state index is 0.684. The molecule has 1 aliphatic rings. The molecule has 0 bridgehead atoms. The monoisotopic (exact) mass is 319 g/mol. The molecular formula is C19H33N3O. The van der Waals surface area contributed by atoms with Crippen LogP contribution in [-0.2, 0) is 6.54 Å². The Labute approximate surface area is 141 Å². The first-order valence-corrected chi connectivity index (χ1v) is 9.04. The maximum absolute atomic E-state index is 6.01. The van der Waals surface area contributed by atoms with E-state index < -0.39 is 0 Å². The second-order valence-corrected chi connectivity index (χ2v) is 6.90. The standard InChI is InChI=1S/C19H33N3O/c1-17(2)8-15-23-19-7-4-3-6-18(19)16-22-13-11-21(12-14-22)10-5-9-20/h3-4,6-7,17H,5,8-16,20H2,1-2H3. The van der Waals surface area contributed by atoms with Crippen LogP contribution >= 0.6 is 0 Å². The Kier molecular flexibility index (Phi) is 7.86. The van der Waals surface area contributed by atoms with Gasteiger partial charge in [-0.15, -0.1) is 0 Å². The molecule has 1 fully saturated rings. The molecule has 1 saturated heterocycles. The summed E-state index contributed by atoms with van der Waals surface area (Å²) in [6.07, 6.45) is 2.21. The number of ether oxygens (including phenoxy) is 1. The Morgan fingerprint density at radius 1 is 1.09 bits per heavy atom. The van der Waals surface area contributed by atoms with Gasteiger partial charge in [0.25, 0.3) is 0 Å². The first-order chi connectivity index (χ1) is 11.2. The molecule has 0 unspecified atom stereocenters. The zero-order chi connectivity index (χ0) is 16.5. The van der Waals surface area contributed by atoms with Crippen molar-refractivity contribution >= 4 is 0 Å². The van der Waals surface area contributed by atoms with Crippen LogP contribution in [-0.4, -0.2) is 55.7 Å². The molecule has 0 saturated carbocycles. The highest BCUT2D eigenvalue weighted by Crippen LogP contribution is 2.21. The van der Waals surface area contributed by atoms with Crippen molar-refractivity contribution < 1.29 is 4.74 Å². The van der Waals surface area contributed by atoms with Gasteiger partial charge in [0.05, 0.1) is 6.61 Å². The second-order valence-electron chi connectivity index (χ2n) is 6.90. The average molecular weight is 319 g/mol. The summed E-state index contributed by atoms with van der Waals surface area (Å²) >= 11 is 0. The summed E-state index contributed by atoms with van der Waals surface area (Å²) in [5, 5.41) is 0. The van der Waals surface area contributed by atoms with E-state index in [9.17, 15) is 0 Å². The quantitative estimate of drug-likeness (QED) is 0.759. The third-order valence-electron chi connectivity index (χ3n) is 4.46. The van der Waals surface area contributed by atoms with Crippen molar-refractivity contribution in [2.45, 2.75) is 33.2 Å². The first-order valence-electron chi connectivity index (χ1n) is 9.04. The van der Waals surface area contributed by atoms with Gasteiger partial charge in [-0.3, -0.25) is 4.90 Å². The van der Waals surface area contributed by atoms with Crippen LogP contribution in [0.2, 0.25) is 0 Å². The molecule has 0 aliphatic carbocycles. The number of para-hydroxylation sites is 1. The lowest BCUT2D eigenvalue weighted by atomic mass is 10.1. The van der Waals surface area contributed by atoms with Crippen LogP contribution in [0.5, 0.6) is 5.75 Å². The van der Waals surface area contributed by atoms with Crippen LogP contribution in [0.3, 0.4) is 0 Å². The van der Waals surface area contributed by atoms with Crippen LogP contribution in [0, 0.1) is 5.92 Å². The normalized spacial score (nSPS) is 16.9. The molecule has 23 heavy (non-hydrogen) atoms. The van der Waals surface area contributed by atoms with Crippen LogP contribution in [0.25, 0.3) is 0 Å². The van der Waals surface area contributed by atoms with Crippen LogP contribution in [0.15, 0.2) is 24.3 Å². The van der Waals surface area contributed by atoms with Gasteiger partial charge in [0.1, 0.15) is 5.75 Å². The number of benzene rings is 1. The van der Waals surface area contributed by atoms with Crippen molar-refractivity contribution in [3.8, 4) is 5.75 Å². The van der Waals surface area contributed by atoms with Gasteiger partial charge < -0.3 is 15.4 Å². The summed E-state index contributed by atoms with van der Waals surface area (Å²) in [6.45, 7) is 12.8. The van der Waals surface area contributed by atoms with Crippen LogP contribution in [0.1, 0.15) is 32.3 Å². The Bertz CT molecular complexity index is 442.